The lowest BCUT2D eigenvalue weighted by Crippen LogP contribution is -2.41. The van der Waals surface area contributed by atoms with Gasteiger partial charge in [0.1, 0.15) is 12.2 Å². The number of hydrogen-bond acceptors (Lipinski definition) is 8. The Morgan fingerprint density at radius 2 is 1.96 bits per heavy atom. The minimum absolute atomic E-state index is 0.106. The number of hydrogen-bond donors (Lipinski definition) is 2. The van der Waals surface area contributed by atoms with E-state index in [1.54, 1.807) is 0 Å². The summed E-state index contributed by atoms with van der Waals surface area (Å²) in [6.07, 6.45) is -2.97. The van der Waals surface area contributed by atoms with Crippen LogP contribution in [0, 0.1) is 6.92 Å². The molecule has 27 heavy (non-hydrogen) atoms. The van der Waals surface area contributed by atoms with Gasteiger partial charge in [0.25, 0.3) is 5.56 Å². The van der Waals surface area contributed by atoms with Gasteiger partial charge in [-0.05, 0) is 6.92 Å². The standard InChI is InChI=1S/C16H22N2O9/c1-8-6-18(16(23)17-14(8)22)15-13(27-11(21)5-4-10(19)20)12(25-3)9(26-15)7-24-2/h6,9,12-13,15H,4-5,7H2,1-3H3,(H,19,20)(H,17,22,23)/t9-,12?,13+,15-/m1/s1. The van der Waals surface area contributed by atoms with Crippen LogP contribution < -0.4 is 11.2 Å². The van der Waals surface area contributed by atoms with E-state index in [-0.39, 0.29) is 18.6 Å². The molecule has 0 saturated carbocycles. The van der Waals surface area contributed by atoms with Crippen LogP contribution in [0.1, 0.15) is 24.6 Å². The van der Waals surface area contributed by atoms with E-state index in [0.717, 1.165) is 4.57 Å². The van der Waals surface area contributed by atoms with Crippen LogP contribution in [0.5, 0.6) is 0 Å². The van der Waals surface area contributed by atoms with Crippen LogP contribution in [0.3, 0.4) is 0 Å². The monoisotopic (exact) mass is 386 g/mol. The molecule has 2 N–H and O–H groups in total. The summed E-state index contributed by atoms with van der Waals surface area (Å²) in [5, 5.41) is 8.70. The molecule has 0 amide bonds. The molecule has 0 spiro atoms. The molecule has 1 saturated heterocycles. The van der Waals surface area contributed by atoms with E-state index in [4.69, 9.17) is 24.1 Å². The Labute approximate surface area is 153 Å². The van der Waals surface area contributed by atoms with Crippen LogP contribution >= 0.6 is 0 Å². The molecule has 1 aliphatic rings. The van der Waals surface area contributed by atoms with Gasteiger partial charge in [0.15, 0.2) is 12.3 Å². The summed E-state index contributed by atoms with van der Waals surface area (Å²) in [7, 11) is 2.84. The molecule has 2 rings (SSSR count). The third-order valence-corrected chi connectivity index (χ3v) is 4.12. The first kappa shape index (κ1) is 20.8. The van der Waals surface area contributed by atoms with Crippen LogP contribution in [0.25, 0.3) is 0 Å². The maximum absolute atomic E-state index is 12.2. The van der Waals surface area contributed by atoms with E-state index in [9.17, 15) is 19.2 Å². The van der Waals surface area contributed by atoms with E-state index in [1.807, 2.05) is 0 Å². The van der Waals surface area contributed by atoms with Gasteiger partial charge < -0.3 is 24.1 Å². The normalized spacial score (nSPS) is 24.7. The van der Waals surface area contributed by atoms with Gasteiger partial charge in [0.2, 0.25) is 0 Å². The number of H-pyrrole nitrogens is 1. The van der Waals surface area contributed by atoms with Gasteiger partial charge >= 0.3 is 17.6 Å². The summed E-state index contributed by atoms with van der Waals surface area (Å²) in [4.78, 5) is 48.7. The van der Waals surface area contributed by atoms with Crippen molar-refractivity contribution in [3.63, 3.8) is 0 Å². The summed E-state index contributed by atoms with van der Waals surface area (Å²) in [6.45, 7) is 1.62. The average molecular weight is 386 g/mol. The number of carboxylic acids is 1. The number of ether oxygens (including phenoxy) is 4. The number of carboxylic acid groups (broad SMARTS) is 1. The van der Waals surface area contributed by atoms with Crippen molar-refractivity contribution >= 4 is 11.9 Å². The highest BCUT2D eigenvalue weighted by molar-refractivity contribution is 5.76. The molecule has 4 atom stereocenters. The van der Waals surface area contributed by atoms with Crippen LogP contribution in [0.15, 0.2) is 15.8 Å². The Balaban J connectivity index is 2.35. The van der Waals surface area contributed by atoms with E-state index in [0.29, 0.717) is 0 Å². The van der Waals surface area contributed by atoms with Gasteiger partial charge in [0.05, 0.1) is 19.4 Å². The fourth-order valence-electron chi connectivity index (χ4n) is 2.84. The number of aromatic amines is 1. The summed E-state index contributed by atoms with van der Waals surface area (Å²) in [5.41, 5.74) is -1.02. The minimum atomic E-state index is -1.14. The van der Waals surface area contributed by atoms with Gasteiger partial charge in [0, 0.05) is 26.0 Å². The summed E-state index contributed by atoms with van der Waals surface area (Å²) < 4.78 is 22.7. The number of nitrogens with one attached hydrogen (secondary N) is 1. The zero-order chi connectivity index (χ0) is 20.1. The highest BCUT2D eigenvalue weighted by atomic mass is 16.6. The second-order valence-electron chi connectivity index (χ2n) is 6.05. The van der Waals surface area contributed by atoms with Crippen molar-refractivity contribution in [2.24, 2.45) is 0 Å². The molecule has 0 radical (unpaired) electrons. The van der Waals surface area contributed by atoms with E-state index >= 15 is 0 Å². The number of carbonyl (C=O) groups is 2. The second kappa shape index (κ2) is 8.93. The molecule has 0 aliphatic carbocycles. The van der Waals surface area contributed by atoms with Crippen molar-refractivity contribution in [3.05, 3.63) is 32.6 Å². The predicted octanol–water partition coefficient (Wildman–Crippen LogP) is -0.820. The fraction of sp³-hybridized carbons (Fsp3) is 0.625. The first-order chi connectivity index (χ1) is 12.8. The third-order valence-electron chi connectivity index (χ3n) is 4.12. The number of aryl methyl sites for hydroxylation is 1. The maximum Gasteiger partial charge on any atom is 0.330 e. The molecule has 1 unspecified atom stereocenters. The zero-order valence-corrected chi connectivity index (χ0v) is 15.2. The Hall–Kier alpha value is -2.50. The van der Waals surface area contributed by atoms with Crippen molar-refractivity contribution in [1.29, 1.82) is 0 Å². The van der Waals surface area contributed by atoms with E-state index in [2.05, 4.69) is 4.98 Å². The third kappa shape index (κ3) is 4.81. The molecule has 0 aromatic carbocycles. The number of nitrogens with zero attached hydrogens (tertiary/aromatic N) is 1. The summed E-state index contributed by atoms with van der Waals surface area (Å²) >= 11 is 0. The van der Waals surface area contributed by atoms with Gasteiger partial charge in [-0.1, -0.05) is 0 Å². The highest BCUT2D eigenvalue weighted by Crippen LogP contribution is 2.33. The van der Waals surface area contributed by atoms with Crippen molar-refractivity contribution in [1.82, 2.24) is 9.55 Å². The molecule has 1 aromatic rings. The van der Waals surface area contributed by atoms with Gasteiger partial charge in [-0.15, -0.1) is 0 Å². The number of esters is 1. The lowest BCUT2D eigenvalue weighted by Gasteiger charge is -2.24. The Morgan fingerprint density at radius 1 is 1.26 bits per heavy atom. The molecule has 11 nitrogen and oxygen atoms in total. The highest BCUT2D eigenvalue weighted by Gasteiger charge is 2.48. The SMILES string of the molecule is COC[C@H]1O[C@@H](n2cc(C)c(=O)[nH]c2=O)[C@@H](OC(=O)CCC(=O)O)C1OC. The zero-order valence-electron chi connectivity index (χ0n) is 15.2. The second-order valence-corrected chi connectivity index (χ2v) is 6.05. The molecule has 2 heterocycles. The van der Waals surface area contributed by atoms with Gasteiger partial charge in [-0.3, -0.25) is 23.9 Å². The first-order valence-corrected chi connectivity index (χ1v) is 8.19. The molecule has 150 valence electrons. The Morgan fingerprint density at radius 3 is 2.56 bits per heavy atom. The summed E-state index contributed by atoms with van der Waals surface area (Å²) in [6, 6.07) is 0. The lowest BCUT2D eigenvalue weighted by atomic mass is 10.1. The molecule has 0 bridgehead atoms. The Kier molecular flexibility index (Phi) is 6.88. The van der Waals surface area contributed by atoms with Crippen LogP contribution in [-0.4, -0.2) is 65.7 Å². The van der Waals surface area contributed by atoms with Crippen LogP contribution in [-0.2, 0) is 28.5 Å². The largest absolute Gasteiger partial charge is 0.481 e. The Bertz CT molecular complexity index is 800. The minimum Gasteiger partial charge on any atom is -0.481 e. The topological polar surface area (TPSA) is 146 Å². The average Bonchev–Trinajstić information content (AvgIpc) is 2.93. The van der Waals surface area contributed by atoms with Crippen molar-refractivity contribution in [3.8, 4) is 0 Å². The number of aliphatic carboxylic acids is 1. The first-order valence-electron chi connectivity index (χ1n) is 8.19. The quantitative estimate of drug-likeness (QED) is 0.547. The molecule has 1 aliphatic heterocycles. The number of aromatic nitrogens is 2. The van der Waals surface area contributed by atoms with Crippen molar-refractivity contribution in [2.75, 3.05) is 20.8 Å². The van der Waals surface area contributed by atoms with Crippen LogP contribution in [0.4, 0.5) is 0 Å². The van der Waals surface area contributed by atoms with Crippen LogP contribution in [0.2, 0.25) is 0 Å². The predicted molar refractivity (Wildman–Crippen MR) is 89.4 cm³/mol. The van der Waals surface area contributed by atoms with Gasteiger partial charge in [-0.25, -0.2) is 4.79 Å². The summed E-state index contributed by atoms with van der Waals surface area (Å²) in [5.74, 6) is -1.91. The van der Waals surface area contributed by atoms with Crippen molar-refractivity contribution < 1.29 is 33.6 Å². The van der Waals surface area contributed by atoms with Crippen molar-refractivity contribution in [2.45, 2.75) is 44.3 Å². The maximum atomic E-state index is 12.2. The van der Waals surface area contributed by atoms with Gasteiger partial charge in [-0.2, -0.15) is 0 Å². The number of carbonyl (C=O) groups excluding carboxylic acids is 1. The van der Waals surface area contributed by atoms with E-state index < -0.39 is 54.1 Å². The lowest BCUT2D eigenvalue weighted by molar-refractivity contribution is -0.161. The molecular formula is C16H22N2O9. The molecule has 1 fully saturated rings. The number of rotatable bonds is 8. The molecule has 11 heteroatoms. The fourth-order valence-corrected chi connectivity index (χ4v) is 2.84. The number of methoxy groups -OCH3 is 2. The molecule has 1 aromatic heterocycles. The molecular weight excluding hydrogens is 364 g/mol. The smallest absolute Gasteiger partial charge is 0.330 e. The van der Waals surface area contributed by atoms with E-state index in [1.165, 1.54) is 27.3 Å².